The minimum atomic E-state index is -0.159. The number of ether oxygens (including phenoxy) is 2. The normalized spacial score (nSPS) is 10.9. The summed E-state index contributed by atoms with van der Waals surface area (Å²) < 4.78 is 13.3. The third-order valence-corrected chi connectivity index (χ3v) is 6.34. The number of nitrogens with zero attached hydrogens (tertiary/aromatic N) is 2. The molecule has 2 heterocycles. The van der Waals surface area contributed by atoms with Crippen molar-refractivity contribution in [2.75, 3.05) is 6.61 Å². The standard InChI is InChI=1S/C32H30N2O3/c1-2-36-32(35)20-12-24-11-19-31-30(22-24)25(13-14-26-8-6-7-21-33-26)23-34(31)27-15-17-29(18-16-27)37-28-9-4-3-5-10-28/h3-11,15-19,21-23H,2,12-14,20H2,1H3. The molecule has 0 bridgehead atoms. The number of rotatable bonds is 10. The van der Waals surface area contributed by atoms with Gasteiger partial charge in [-0.25, -0.2) is 0 Å². The molecule has 5 heteroatoms. The van der Waals surface area contributed by atoms with Crippen LogP contribution < -0.4 is 4.74 Å². The van der Waals surface area contributed by atoms with Gasteiger partial charge in [0.25, 0.3) is 0 Å². The second kappa shape index (κ2) is 11.6. The lowest BCUT2D eigenvalue weighted by molar-refractivity contribution is -0.143. The summed E-state index contributed by atoms with van der Waals surface area (Å²) in [6, 6.07) is 30.4. The van der Waals surface area contributed by atoms with Crippen LogP contribution in [0.3, 0.4) is 0 Å². The third kappa shape index (κ3) is 6.07. The maximum Gasteiger partial charge on any atom is 0.306 e. The Morgan fingerprint density at radius 3 is 2.38 bits per heavy atom. The molecule has 186 valence electrons. The number of para-hydroxylation sites is 1. The van der Waals surface area contributed by atoms with Gasteiger partial charge in [0.2, 0.25) is 0 Å². The van der Waals surface area contributed by atoms with E-state index < -0.39 is 0 Å². The second-order valence-electron chi connectivity index (χ2n) is 8.91. The molecule has 0 atom stereocenters. The summed E-state index contributed by atoms with van der Waals surface area (Å²) in [7, 11) is 0. The predicted octanol–water partition coefficient (Wildman–Crippen LogP) is 7.10. The van der Waals surface area contributed by atoms with Crippen molar-refractivity contribution < 1.29 is 14.3 Å². The molecule has 0 aliphatic rings. The number of pyridine rings is 1. The lowest BCUT2D eigenvalue weighted by Crippen LogP contribution is -2.05. The molecule has 0 aliphatic heterocycles. The Labute approximate surface area is 217 Å². The highest BCUT2D eigenvalue weighted by Gasteiger charge is 2.13. The van der Waals surface area contributed by atoms with Crippen LogP contribution in [0.5, 0.6) is 11.5 Å². The van der Waals surface area contributed by atoms with Crippen LogP contribution in [0.1, 0.15) is 30.2 Å². The summed E-state index contributed by atoms with van der Waals surface area (Å²) >= 11 is 0. The molecule has 5 aromatic rings. The van der Waals surface area contributed by atoms with Crippen molar-refractivity contribution in [3.05, 3.63) is 120 Å². The molecule has 0 saturated heterocycles. The van der Waals surface area contributed by atoms with Gasteiger partial charge in [-0.3, -0.25) is 9.78 Å². The van der Waals surface area contributed by atoms with Gasteiger partial charge in [-0.15, -0.1) is 0 Å². The molecule has 37 heavy (non-hydrogen) atoms. The van der Waals surface area contributed by atoms with Gasteiger partial charge >= 0.3 is 5.97 Å². The maximum atomic E-state index is 11.9. The van der Waals surface area contributed by atoms with E-state index in [1.165, 1.54) is 10.9 Å². The van der Waals surface area contributed by atoms with Crippen molar-refractivity contribution in [3.8, 4) is 17.2 Å². The van der Waals surface area contributed by atoms with Crippen LogP contribution in [0.2, 0.25) is 0 Å². The molecule has 0 spiro atoms. The summed E-state index contributed by atoms with van der Waals surface area (Å²) in [6.07, 6.45) is 6.83. The Hall–Kier alpha value is -4.38. The van der Waals surface area contributed by atoms with Crippen molar-refractivity contribution in [3.63, 3.8) is 0 Å². The molecule has 0 aliphatic carbocycles. The van der Waals surface area contributed by atoms with E-state index in [1.807, 2.05) is 67.7 Å². The average Bonchev–Trinajstić information content (AvgIpc) is 3.30. The van der Waals surface area contributed by atoms with E-state index in [1.54, 1.807) is 0 Å². The summed E-state index contributed by atoms with van der Waals surface area (Å²) in [5, 5.41) is 1.20. The molecule has 0 amide bonds. The Morgan fingerprint density at radius 2 is 1.62 bits per heavy atom. The summed E-state index contributed by atoms with van der Waals surface area (Å²) in [5.74, 6) is 1.45. The molecule has 0 radical (unpaired) electrons. The van der Waals surface area contributed by atoms with Gasteiger partial charge in [0, 0.05) is 35.6 Å². The van der Waals surface area contributed by atoms with Gasteiger partial charge in [-0.05, 0) is 98.0 Å². The molecule has 2 aromatic heterocycles. The molecule has 0 unspecified atom stereocenters. The summed E-state index contributed by atoms with van der Waals surface area (Å²) in [4.78, 5) is 16.4. The molecule has 0 saturated carbocycles. The number of benzene rings is 3. The number of fused-ring (bicyclic) bond motifs is 1. The fraction of sp³-hybridized carbons (Fsp3) is 0.188. The molecule has 5 rings (SSSR count). The molecule has 0 fully saturated rings. The SMILES string of the molecule is CCOC(=O)CCc1ccc2c(c1)c(CCc1ccccn1)cn2-c1ccc(Oc2ccccc2)cc1. The van der Waals surface area contributed by atoms with E-state index in [0.717, 1.165) is 46.8 Å². The number of hydrogen-bond acceptors (Lipinski definition) is 4. The highest BCUT2D eigenvalue weighted by molar-refractivity contribution is 5.86. The summed E-state index contributed by atoms with van der Waals surface area (Å²) in [6.45, 7) is 2.24. The largest absolute Gasteiger partial charge is 0.466 e. The minimum absolute atomic E-state index is 0.159. The molecule has 3 aromatic carbocycles. The van der Waals surface area contributed by atoms with E-state index in [9.17, 15) is 4.79 Å². The maximum absolute atomic E-state index is 11.9. The smallest absolute Gasteiger partial charge is 0.306 e. The van der Waals surface area contributed by atoms with Crippen LogP contribution in [0.15, 0.2) is 103 Å². The molecule has 5 nitrogen and oxygen atoms in total. The van der Waals surface area contributed by atoms with E-state index in [4.69, 9.17) is 9.47 Å². The predicted molar refractivity (Wildman–Crippen MR) is 146 cm³/mol. The van der Waals surface area contributed by atoms with E-state index >= 15 is 0 Å². The van der Waals surface area contributed by atoms with Crippen molar-refractivity contribution >= 4 is 16.9 Å². The first-order chi connectivity index (χ1) is 18.2. The van der Waals surface area contributed by atoms with E-state index in [0.29, 0.717) is 19.4 Å². The van der Waals surface area contributed by atoms with Crippen molar-refractivity contribution in [2.45, 2.75) is 32.6 Å². The Bertz CT molecular complexity index is 1460. The highest BCUT2D eigenvalue weighted by Crippen LogP contribution is 2.29. The molecule has 0 N–H and O–H groups in total. The number of hydrogen-bond donors (Lipinski definition) is 0. The van der Waals surface area contributed by atoms with Gasteiger partial charge < -0.3 is 14.0 Å². The number of carbonyl (C=O) groups is 1. The fourth-order valence-electron chi connectivity index (χ4n) is 4.50. The zero-order valence-electron chi connectivity index (χ0n) is 21.0. The van der Waals surface area contributed by atoms with Gasteiger partial charge in [0.05, 0.1) is 12.1 Å². The average molecular weight is 491 g/mol. The lowest BCUT2D eigenvalue weighted by Gasteiger charge is -2.09. The Morgan fingerprint density at radius 1 is 0.838 bits per heavy atom. The highest BCUT2D eigenvalue weighted by atomic mass is 16.5. The third-order valence-electron chi connectivity index (χ3n) is 6.34. The van der Waals surface area contributed by atoms with Gasteiger partial charge in [0.15, 0.2) is 0 Å². The van der Waals surface area contributed by atoms with Crippen LogP contribution in [0.25, 0.3) is 16.6 Å². The number of carbonyl (C=O) groups excluding carboxylic acids is 1. The number of esters is 1. The van der Waals surface area contributed by atoms with Gasteiger partial charge in [0.1, 0.15) is 11.5 Å². The number of aryl methyl sites for hydroxylation is 3. The fourth-order valence-corrected chi connectivity index (χ4v) is 4.50. The first-order valence-corrected chi connectivity index (χ1v) is 12.7. The monoisotopic (exact) mass is 490 g/mol. The second-order valence-corrected chi connectivity index (χ2v) is 8.91. The van der Waals surface area contributed by atoms with Gasteiger partial charge in [-0.2, -0.15) is 0 Å². The quantitative estimate of drug-likeness (QED) is 0.196. The first kappa shape index (κ1) is 24.3. The van der Waals surface area contributed by atoms with Crippen LogP contribution in [-0.4, -0.2) is 22.1 Å². The Balaban J connectivity index is 1.43. The van der Waals surface area contributed by atoms with Crippen LogP contribution >= 0.6 is 0 Å². The Kier molecular flexibility index (Phi) is 7.60. The topological polar surface area (TPSA) is 53.3 Å². The summed E-state index contributed by atoms with van der Waals surface area (Å²) in [5.41, 5.74) is 5.65. The zero-order valence-corrected chi connectivity index (χ0v) is 21.0. The van der Waals surface area contributed by atoms with Crippen LogP contribution in [0, 0.1) is 0 Å². The van der Waals surface area contributed by atoms with E-state index in [-0.39, 0.29) is 5.97 Å². The van der Waals surface area contributed by atoms with Crippen LogP contribution in [-0.2, 0) is 28.8 Å². The van der Waals surface area contributed by atoms with Gasteiger partial charge in [-0.1, -0.05) is 30.3 Å². The van der Waals surface area contributed by atoms with E-state index in [2.05, 4.69) is 52.1 Å². The molecular weight excluding hydrogens is 460 g/mol. The first-order valence-electron chi connectivity index (χ1n) is 12.7. The molecular formula is C32H30N2O3. The lowest BCUT2D eigenvalue weighted by atomic mass is 10.0. The van der Waals surface area contributed by atoms with Crippen molar-refractivity contribution in [2.24, 2.45) is 0 Å². The van der Waals surface area contributed by atoms with Crippen molar-refractivity contribution in [1.29, 1.82) is 0 Å². The van der Waals surface area contributed by atoms with Crippen LogP contribution in [0.4, 0.5) is 0 Å². The zero-order chi connectivity index (χ0) is 25.5. The minimum Gasteiger partial charge on any atom is -0.466 e. The van der Waals surface area contributed by atoms with Crippen molar-refractivity contribution in [1.82, 2.24) is 9.55 Å². The number of aromatic nitrogens is 2.